The zero-order chi connectivity index (χ0) is 12.3. The van der Waals surface area contributed by atoms with E-state index in [1.165, 1.54) is 17.0 Å². The molecule has 1 N–H and O–H groups in total. The first kappa shape index (κ1) is 12.0. The van der Waals surface area contributed by atoms with Crippen molar-refractivity contribution in [2.45, 2.75) is 11.8 Å². The van der Waals surface area contributed by atoms with E-state index in [-0.39, 0.29) is 5.75 Å². The monoisotopic (exact) mass is 248 g/mol. The minimum absolute atomic E-state index is 0.311. The molecule has 0 spiro atoms. The molecule has 0 radical (unpaired) electrons. The van der Waals surface area contributed by atoms with Gasteiger partial charge >= 0.3 is 0 Å². The van der Waals surface area contributed by atoms with Gasteiger partial charge in [0.2, 0.25) is 0 Å². The van der Waals surface area contributed by atoms with E-state index in [0.29, 0.717) is 0 Å². The third kappa shape index (κ3) is 2.80. The minimum atomic E-state index is -0.591. The van der Waals surface area contributed by atoms with Crippen molar-refractivity contribution in [3.05, 3.63) is 48.3 Å². The summed E-state index contributed by atoms with van der Waals surface area (Å²) in [6, 6.07) is 12.4. The van der Waals surface area contributed by atoms with Crippen LogP contribution in [0.5, 0.6) is 5.75 Å². The van der Waals surface area contributed by atoms with Crippen LogP contribution in [-0.4, -0.2) is 10.9 Å². The van der Waals surface area contributed by atoms with Crippen LogP contribution in [0.15, 0.2) is 47.4 Å². The lowest BCUT2D eigenvalue weighted by molar-refractivity contribution is 0.433. The summed E-state index contributed by atoms with van der Waals surface area (Å²) in [7, 11) is 0. The van der Waals surface area contributed by atoms with E-state index in [0.717, 1.165) is 16.9 Å². The van der Waals surface area contributed by atoms with Crippen LogP contribution in [-0.2, 0) is 0 Å². The Morgan fingerprint density at radius 2 is 1.71 bits per heavy atom. The molecule has 0 amide bonds. The molecular weight excluding hydrogens is 235 g/mol. The van der Waals surface area contributed by atoms with Crippen molar-refractivity contribution in [3.8, 4) is 16.9 Å². The highest BCUT2D eigenvalue weighted by Gasteiger charge is 2.03. The second-order valence-corrected chi connectivity index (χ2v) is 4.96. The van der Waals surface area contributed by atoms with Gasteiger partial charge in [-0.05, 0) is 41.1 Å². The Kier molecular flexibility index (Phi) is 3.69. The highest BCUT2D eigenvalue weighted by Crippen LogP contribution is 2.27. The standard InChI is InChI=1S/C14H13FOS/c1-2-17-12-6-3-10(4-7-12)11-5-8-13(15)14(16)9-11/h3-9,16H,2H2,1H3. The lowest BCUT2D eigenvalue weighted by atomic mass is 10.1. The summed E-state index contributed by atoms with van der Waals surface area (Å²) in [4.78, 5) is 1.21. The number of phenols is 1. The van der Waals surface area contributed by atoms with E-state index in [9.17, 15) is 9.50 Å². The second kappa shape index (κ2) is 5.23. The zero-order valence-electron chi connectivity index (χ0n) is 9.48. The van der Waals surface area contributed by atoms with Gasteiger partial charge in [-0.25, -0.2) is 4.39 Å². The molecule has 0 aliphatic rings. The molecule has 3 heteroatoms. The van der Waals surface area contributed by atoms with Gasteiger partial charge in [-0.15, -0.1) is 11.8 Å². The highest BCUT2D eigenvalue weighted by molar-refractivity contribution is 7.99. The second-order valence-electron chi connectivity index (χ2n) is 3.62. The summed E-state index contributed by atoms with van der Waals surface area (Å²) in [5.74, 6) is 0.137. The Bertz CT molecular complexity index is 508. The molecule has 0 bridgehead atoms. The van der Waals surface area contributed by atoms with E-state index in [4.69, 9.17) is 0 Å². The summed E-state index contributed by atoms with van der Waals surface area (Å²) in [5, 5.41) is 9.32. The average molecular weight is 248 g/mol. The minimum Gasteiger partial charge on any atom is -0.505 e. The molecule has 2 aromatic carbocycles. The van der Waals surface area contributed by atoms with Crippen LogP contribution < -0.4 is 0 Å². The fourth-order valence-electron chi connectivity index (χ4n) is 1.60. The maximum atomic E-state index is 12.9. The quantitative estimate of drug-likeness (QED) is 0.817. The Labute approximate surface area is 104 Å². The molecule has 0 aliphatic heterocycles. The topological polar surface area (TPSA) is 20.2 Å². The summed E-state index contributed by atoms with van der Waals surface area (Å²) >= 11 is 1.78. The maximum Gasteiger partial charge on any atom is 0.164 e. The fraction of sp³-hybridized carbons (Fsp3) is 0.143. The van der Waals surface area contributed by atoms with Gasteiger partial charge in [-0.1, -0.05) is 25.1 Å². The first-order valence-electron chi connectivity index (χ1n) is 5.42. The van der Waals surface area contributed by atoms with Crippen molar-refractivity contribution >= 4 is 11.8 Å². The van der Waals surface area contributed by atoms with Gasteiger partial charge in [0.15, 0.2) is 11.6 Å². The zero-order valence-corrected chi connectivity index (χ0v) is 10.3. The predicted octanol–water partition coefficient (Wildman–Crippen LogP) is 4.31. The molecule has 17 heavy (non-hydrogen) atoms. The Morgan fingerprint density at radius 3 is 2.29 bits per heavy atom. The molecule has 0 unspecified atom stereocenters. The van der Waals surface area contributed by atoms with Crippen LogP contribution in [0.4, 0.5) is 4.39 Å². The van der Waals surface area contributed by atoms with Crippen LogP contribution in [0, 0.1) is 5.82 Å². The van der Waals surface area contributed by atoms with E-state index < -0.39 is 5.82 Å². The average Bonchev–Trinajstić information content (AvgIpc) is 2.34. The van der Waals surface area contributed by atoms with Gasteiger partial charge in [0, 0.05) is 4.90 Å². The van der Waals surface area contributed by atoms with Crippen LogP contribution in [0.3, 0.4) is 0 Å². The molecule has 0 saturated heterocycles. The summed E-state index contributed by atoms with van der Waals surface area (Å²) in [5.41, 5.74) is 1.79. The summed E-state index contributed by atoms with van der Waals surface area (Å²) < 4.78 is 12.9. The Balaban J connectivity index is 2.30. The number of phenolic OH excluding ortho intramolecular Hbond substituents is 1. The largest absolute Gasteiger partial charge is 0.505 e. The van der Waals surface area contributed by atoms with E-state index in [1.54, 1.807) is 17.8 Å². The lowest BCUT2D eigenvalue weighted by Gasteiger charge is -2.04. The Morgan fingerprint density at radius 1 is 1.06 bits per heavy atom. The van der Waals surface area contributed by atoms with Crippen LogP contribution in [0.25, 0.3) is 11.1 Å². The Hall–Kier alpha value is -1.48. The van der Waals surface area contributed by atoms with Gasteiger partial charge in [0.25, 0.3) is 0 Å². The van der Waals surface area contributed by atoms with Gasteiger partial charge in [0.1, 0.15) is 0 Å². The molecule has 0 heterocycles. The molecule has 0 aromatic heterocycles. The third-order valence-electron chi connectivity index (χ3n) is 2.44. The van der Waals surface area contributed by atoms with Crippen molar-refractivity contribution in [1.29, 1.82) is 0 Å². The van der Waals surface area contributed by atoms with E-state index in [2.05, 4.69) is 6.92 Å². The summed E-state index contributed by atoms with van der Waals surface area (Å²) in [6.07, 6.45) is 0. The van der Waals surface area contributed by atoms with Crippen LogP contribution in [0.2, 0.25) is 0 Å². The van der Waals surface area contributed by atoms with Crippen LogP contribution >= 0.6 is 11.8 Å². The number of halogens is 1. The highest BCUT2D eigenvalue weighted by atomic mass is 32.2. The van der Waals surface area contributed by atoms with Gasteiger partial charge in [-0.3, -0.25) is 0 Å². The fourth-order valence-corrected chi connectivity index (χ4v) is 2.26. The van der Waals surface area contributed by atoms with Gasteiger partial charge in [0.05, 0.1) is 0 Å². The van der Waals surface area contributed by atoms with Crippen LogP contribution in [0.1, 0.15) is 6.92 Å². The molecule has 0 atom stereocenters. The van der Waals surface area contributed by atoms with Crippen molar-refractivity contribution in [2.75, 3.05) is 5.75 Å². The molecule has 0 aliphatic carbocycles. The van der Waals surface area contributed by atoms with Crippen molar-refractivity contribution in [3.63, 3.8) is 0 Å². The van der Waals surface area contributed by atoms with Gasteiger partial charge < -0.3 is 5.11 Å². The normalized spacial score (nSPS) is 10.5. The first-order valence-corrected chi connectivity index (χ1v) is 6.41. The molecule has 0 saturated carbocycles. The van der Waals surface area contributed by atoms with Crippen molar-refractivity contribution < 1.29 is 9.50 Å². The number of aromatic hydroxyl groups is 1. The predicted molar refractivity (Wildman–Crippen MR) is 69.9 cm³/mol. The van der Waals surface area contributed by atoms with Crippen molar-refractivity contribution in [2.24, 2.45) is 0 Å². The number of hydrogen-bond donors (Lipinski definition) is 1. The van der Waals surface area contributed by atoms with E-state index in [1.807, 2.05) is 24.3 Å². The third-order valence-corrected chi connectivity index (χ3v) is 3.34. The number of hydrogen-bond acceptors (Lipinski definition) is 2. The number of rotatable bonds is 3. The maximum absolute atomic E-state index is 12.9. The summed E-state index contributed by atoms with van der Waals surface area (Å²) in [6.45, 7) is 2.11. The van der Waals surface area contributed by atoms with Gasteiger partial charge in [-0.2, -0.15) is 0 Å². The molecule has 88 valence electrons. The lowest BCUT2D eigenvalue weighted by Crippen LogP contribution is -1.81. The number of benzene rings is 2. The van der Waals surface area contributed by atoms with E-state index >= 15 is 0 Å². The molecular formula is C14H13FOS. The molecule has 1 nitrogen and oxygen atoms in total. The SMILES string of the molecule is CCSc1ccc(-c2ccc(F)c(O)c2)cc1. The first-order chi connectivity index (χ1) is 8.20. The van der Waals surface area contributed by atoms with Crippen molar-refractivity contribution in [1.82, 2.24) is 0 Å². The smallest absolute Gasteiger partial charge is 0.164 e. The molecule has 0 fully saturated rings. The number of thioether (sulfide) groups is 1. The molecule has 2 aromatic rings. The molecule has 2 rings (SSSR count).